The summed E-state index contributed by atoms with van der Waals surface area (Å²) in [5.74, 6) is 0. The molecule has 0 aliphatic carbocycles. The van der Waals surface area contributed by atoms with Gasteiger partial charge in [0.25, 0.3) is 0 Å². The molecule has 0 saturated carbocycles. The highest BCUT2D eigenvalue weighted by molar-refractivity contribution is 9.09. The first-order chi connectivity index (χ1) is 5.43. The zero-order chi connectivity index (χ0) is 7.94. The van der Waals surface area contributed by atoms with Crippen LogP contribution in [0.25, 0.3) is 0 Å². The highest BCUT2D eigenvalue weighted by atomic mass is 79.9. The average Bonchev–Trinajstić information content (AvgIpc) is 2.07. The van der Waals surface area contributed by atoms with E-state index in [2.05, 4.69) is 33.0 Å². The molecule has 0 aromatic carbocycles. The van der Waals surface area contributed by atoms with Gasteiger partial charge in [0, 0.05) is 25.0 Å². The molecule has 1 rings (SSSR count). The molecule has 0 aromatic rings. The summed E-state index contributed by atoms with van der Waals surface area (Å²) >= 11 is 3.34. The Balaban J connectivity index is 2.09. The van der Waals surface area contributed by atoms with Crippen molar-refractivity contribution >= 4 is 15.9 Å². The van der Waals surface area contributed by atoms with Crippen molar-refractivity contribution < 1.29 is 4.74 Å². The summed E-state index contributed by atoms with van der Waals surface area (Å²) in [6.45, 7) is 5.00. The van der Waals surface area contributed by atoms with Crippen LogP contribution in [0, 0.1) is 0 Å². The first kappa shape index (κ1) is 9.23. The molecule has 0 aromatic heterocycles. The van der Waals surface area contributed by atoms with E-state index in [1.165, 1.54) is 0 Å². The molecule has 1 heterocycles. The molecular formula is C8H14BrNO. The molecule has 1 aliphatic rings. The predicted octanol–water partition coefficient (Wildman–Crippen LogP) is 1.27. The molecule has 2 nitrogen and oxygen atoms in total. The van der Waals surface area contributed by atoms with E-state index in [0.717, 1.165) is 38.2 Å². The van der Waals surface area contributed by atoms with Gasteiger partial charge >= 0.3 is 0 Å². The predicted molar refractivity (Wildman–Crippen MR) is 50.2 cm³/mol. The van der Waals surface area contributed by atoms with Crippen LogP contribution in [0.3, 0.4) is 0 Å². The lowest BCUT2D eigenvalue weighted by atomic mass is 10.4. The van der Waals surface area contributed by atoms with E-state index >= 15 is 0 Å². The number of hydrogen-bond donors (Lipinski definition) is 0. The normalized spacial score (nSPS) is 21.2. The van der Waals surface area contributed by atoms with Gasteiger partial charge in [-0.1, -0.05) is 28.1 Å². The van der Waals surface area contributed by atoms with Gasteiger partial charge in [-0.05, 0) is 0 Å². The Labute approximate surface area is 76.3 Å². The van der Waals surface area contributed by atoms with Crippen LogP contribution in [0.15, 0.2) is 12.2 Å². The summed E-state index contributed by atoms with van der Waals surface area (Å²) in [5, 5.41) is 0.956. The molecule has 0 spiro atoms. The Morgan fingerprint density at radius 3 is 2.64 bits per heavy atom. The van der Waals surface area contributed by atoms with Crippen LogP contribution in [0.4, 0.5) is 0 Å². The minimum Gasteiger partial charge on any atom is -0.379 e. The lowest BCUT2D eigenvalue weighted by molar-refractivity contribution is 0.0434. The van der Waals surface area contributed by atoms with Gasteiger partial charge in [0.05, 0.1) is 13.2 Å². The maximum atomic E-state index is 5.23. The van der Waals surface area contributed by atoms with Gasteiger partial charge in [-0.3, -0.25) is 4.90 Å². The fraction of sp³-hybridized carbons (Fsp3) is 0.750. The first-order valence-corrected chi connectivity index (χ1v) is 5.06. The largest absolute Gasteiger partial charge is 0.379 e. The summed E-state index contributed by atoms with van der Waals surface area (Å²) in [4.78, 5) is 2.39. The molecule has 0 N–H and O–H groups in total. The van der Waals surface area contributed by atoms with E-state index < -0.39 is 0 Å². The molecule has 1 saturated heterocycles. The van der Waals surface area contributed by atoms with E-state index in [9.17, 15) is 0 Å². The molecule has 1 aliphatic heterocycles. The van der Waals surface area contributed by atoms with E-state index in [0.29, 0.717) is 0 Å². The lowest BCUT2D eigenvalue weighted by Crippen LogP contribution is -2.36. The zero-order valence-corrected chi connectivity index (χ0v) is 8.22. The fourth-order valence-corrected chi connectivity index (χ4v) is 1.33. The Bertz CT molecular complexity index is 121. The molecule has 11 heavy (non-hydrogen) atoms. The van der Waals surface area contributed by atoms with Crippen LogP contribution >= 0.6 is 15.9 Å². The van der Waals surface area contributed by atoms with Crippen molar-refractivity contribution in [3.8, 4) is 0 Å². The molecule has 0 unspecified atom stereocenters. The number of allylic oxidation sites excluding steroid dienone is 1. The number of rotatable bonds is 3. The second-order valence-electron chi connectivity index (χ2n) is 2.54. The SMILES string of the molecule is BrCC=CCN1CCOCC1. The van der Waals surface area contributed by atoms with Gasteiger partial charge < -0.3 is 4.74 Å². The molecule has 3 heteroatoms. The third-order valence-electron chi connectivity index (χ3n) is 1.72. The third kappa shape index (κ3) is 3.89. The number of halogens is 1. The molecule has 0 bridgehead atoms. The van der Waals surface area contributed by atoms with Gasteiger partial charge in [0.15, 0.2) is 0 Å². The summed E-state index contributed by atoms with van der Waals surface area (Å²) in [6, 6.07) is 0. The maximum Gasteiger partial charge on any atom is 0.0594 e. The monoisotopic (exact) mass is 219 g/mol. The minimum atomic E-state index is 0.891. The van der Waals surface area contributed by atoms with Crippen molar-refractivity contribution in [3.05, 3.63) is 12.2 Å². The number of alkyl halides is 1. The number of morpholine rings is 1. The van der Waals surface area contributed by atoms with Crippen LogP contribution < -0.4 is 0 Å². The van der Waals surface area contributed by atoms with Gasteiger partial charge in [0.2, 0.25) is 0 Å². The second kappa shape index (κ2) is 5.75. The van der Waals surface area contributed by atoms with E-state index in [1.807, 2.05) is 0 Å². The highest BCUT2D eigenvalue weighted by Crippen LogP contribution is 1.96. The Morgan fingerprint density at radius 2 is 2.00 bits per heavy atom. The minimum absolute atomic E-state index is 0.891. The lowest BCUT2D eigenvalue weighted by Gasteiger charge is -2.24. The Kier molecular flexibility index (Phi) is 4.82. The quantitative estimate of drug-likeness (QED) is 0.524. The molecule has 0 atom stereocenters. The van der Waals surface area contributed by atoms with Crippen molar-refractivity contribution in [3.63, 3.8) is 0 Å². The van der Waals surface area contributed by atoms with Crippen LogP contribution in [0.2, 0.25) is 0 Å². The molecule has 0 radical (unpaired) electrons. The second-order valence-corrected chi connectivity index (χ2v) is 3.19. The smallest absolute Gasteiger partial charge is 0.0594 e. The summed E-state index contributed by atoms with van der Waals surface area (Å²) in [5.41, 5.74) is 0. The van der Waals surface area contributed by atoms with Crippen molar-refractivity contribution in [1.82, 2.24) is 4.90 Å². The Morgan fingerprint density at radius 1 is 1.27 bits per heavy atom. The van der Waals surface area contributed by atoms with Crippen molar-refractivity contribution in [2.24, 2.45) is 0 Å². The van der Waals surface area contributed by atoms with Gasteiger partial charge in [-0.25, -0.2) is 0 Å². The van der Waals surface area contributed by atoms with Gasteiger partial charge in [0.1, 0.15) is 0 Å². The van der Waals surface area contributed by atoms with E-state index in [4.69, 9.17) is 4.74 Å². The van der Waals surface area contributed by atoms with Crippen LogP contribution in [0.5, 0.6) is 0 Å². The third-order valence-corrected chi connectivity index (χ3v) is 2.10. The topological polar surface area (TPSA) is 12.5 Å². The number of hydrogen-bond acceptors (Lipinski definition) is 2. The van der Waals surface area contributed by atoms with E-state index in [1.54, 1.807) is 0 Å². The fourth-order valence-electron chi connectivity index (χ4n) is 1.07. The molecule has 64 valence electrons. The van der Waals surface area contributed by atoms with Crippen LogP contribution in [0.1, 0.15) is 0 Å². The summed E-state index contributed by atoms with van der Waals surface area (Å²) < 4.78 is 5.23. The van der Waals surface area contributed by atoms with E-state index in [-0.39, 0.29) is 0 Å². The van der Waals surface area contributed by atoms with Crippen LogP contribution in [-0.2, 0) is 4.74 Å². The molecule has 1 fully saturated rings. The maximum absolute atomic E-state index is 5.23. The molecule has 0 amide bonds. The first-order valence-electron chi connectivity index (χ1n) is 3.94. The van der Waals surface area contributed by atoms with Crippen molar-refractivity contribution in [2.45, 2.75) is 0 Å². The number of nitrogens with zero attached hydrogens (tertiary/aromatic N) is 1. The van der Waals surface area contributed by atoms with Crippen LogP contribution in [-0.4, -0.2) is 43.1 Å². The average molecular weight is 220 g/mol. The standard InChI is InChI=1S/C8H14BrNO/c9-3-1-2-4-10-5-7-11-8-6-10/h1-2H,3-8H2. The van der Waals surface area contributed by atoms with Crippen molar-refractivity contribution in [2.75, 3.05) is 38.2 Å². The number of ether oxygens (including phenoxy) is 1. The van der Waals surface area contributed by atoms with Gasteiger partial charge in [-0.15, -0.1) is 0 Å². The van der Waals surface area contributed by atoms with Gasteiger partial charge in [-0.2, -0.15) is 0 Å². The summed E-state index contributed by atoms with van der Waals surface area (Å²) in [7, 11) is 0. The highest BCUT2D eigenvalue weighted by Gasteiger charge is 2.06. The summed E-state index contributed by atoms with van der Waals surface area (Å²) in [6.07, 6.45) is 4.33. The zero-order valence-electron chi connectivity index (χ0n) is 6.63. The van der Waals surface area contributed by atoms with Crippen molar-refractivity contribution in [1.29, 1.82) is 0 Å². The Hall–Kier alpha value is 0.140. The molecular weight excluding hydrogens is 206 g/mol.